The first-order chi connectivity index (χ1) is 11.7. The second kappa shape index (κ2) is 6.33. The number of carbonyl (C=O) groups is 1. The number of phenolic OH excluding ortho intramolecular Hbond substituents is 1. The smallest absolute Gasteiger partial charge is 0.275 e. The lowest BCUT2D eigenvalue weighted by Crippen LogP contribution is -2.14. The molecule has 0 aliphatic carbocycles. The van der Waals surface area contributed by atoms with Crippen LogP contribution >= 0.6 is 23.2 Å². The van der Waals surface area contributed by atoms with Crippen LogP contribution in [0.3, 0.4) is 0 Å². The average molecular weight is 399 g/mol. The lowest BCUT2D eigenvalue weighted by Gasteiger charge is -2.05. The predicted molar refractivity (Wildman–Crippen MR) is 97.1 cm³/mol. The molecule has 0 saturated heterocycles. The van der Waals surface area contributed by atoms with E-state index in [2.05, 4.69) is 10.3 Å². The monoisotopic (exact) mass is 398 g/mol. The van der Waals surface area contributed by atoms with E-state index in [1.807, 2.05) is 0 Å². The summed E-state index contributed by atoms with van der Waals surface area (Å²) in [7, 11) is -3.48. The van der Waals surface area contributed by atoms with Crippen molar-refractivity contribution < 1.29 is 18.3 Å². The molecule has 25 heavy (non-hydrogen) atoms. The van der Waals surface area contributed by atoms with E-state index >= 15 is 0 Å². The summed E-state index contributed by atoms with van der Waals surface area (Å²) in [5.74, 6) is -0.873. The first kappa shape index (κ1) is 17.7. The molecule has 1 aliphatic heterocycles. The summed E-state index contributed by atoms with van der Waals surface area (Å²) in [6.45, 7) is 1.51. The Morgan fingerprint density at radius 1 is 1.20 bits per heavy atom. The van der Waals surface area contributed by atoms with Gasteiger partial charge in [0.2, 0.25) is 0 Å². The van der Waals surface area contributed by atoms with Crippen molar-refractivity contribution in [2.45, 2.75) is 11.8 Å². The van der Waals surface area contributed by atoms with Crippen LogP contribution < -0.4 is 5.32 Å². The number of fused-ring (bicyclic) bond motifs is 1. The Labute approximate surface area is 154 Å². The highest BCUT2D eigenvalue weighted by atomic mass is 35.5. The fraction of sp³-hybridized carbons (Fsp3) is 0.125. The number of anilines is 1. The van der Waals surface area contributed by atoms with Gasteiger partial charge in [0.05, 0.1) is 21.4 Å². The molecule has 1 heterocycles. The van der Waals surface area contributed by atoms with Crippen LogP contribution in [0.2, 0.25) is 10.0 Å². The minimum Gasteiger partial charge on any atom is -0.506 e. The van der Waals surface area contributed by atoms with Gasteiger partial charge in [0, 0.05) is 10.6 Å². The molecule has 0 radical (unpaired) electrons. The number of aromatic hydroxyl groups is 1. The number of phenols is 1. The number of sulfone groups is 1. The van der Waals surface area contributed by atoms with Crippen LogP contribution in [0.4, 0.5) is 11.4 Å². The van der Waals surface area contributed by atoms with Crippen LogP contribution in [-0.2, 0) is 14.6 Å². The number of aliphatic imine (C=N–C) groups is 1. The number of halogens is 2. The van der Waals surface area contributed by atoms with E-state index in [4.69, 9.17) is 23.2 Å². The van der Waals surface area contributed by atoms with Crippen molar-refractivity contribution in [1.29, 1.82) is 0 Å². The third-order valence-electron chi connectivity index (χ3n) is 3.68. The number of hydrogen-bond donors (Lipinski definition) is 2. The molecule has 9 heteroatoms. The van der Waals surface area contributed by atoms with Crippen LogP contribution in [0, 0.1) is 0 Å². The highest BCUT2D eigenvalue weighted by Gasteiger charge is 2.29. The molecule has 0 aromatic heterocycles. The first-order valence-corrected chi connectivity index (χ1v) is 9.59. The summed E-state index contributed by atoms with van der Waals surface area (Å²) in [4.78, 5) is 16.4. The van der Waals surface area contributed by atoms with Gasteiger partial charge in [-0.25, -0.2) is 13.4 Å². The summed E-state index contributed by atoms with van der Waals surface area (Å²) < 4.78 is 24.0. The van der Waals surface area contributed by atoms with E-state index in [0.29, 0.717) is 16.3 Å². The quantitative estimate of drug-likeness (QED) is 0.825. The van der Waals surface area contributed by atoms with Crippen LogP contribution in [0.25, 0.3) is 0 Å². The molecule has 0 fully saturated rings. The van der Waals surface area contributed by atoms with Crippen LogP contribution in [-0.4, -0.2) is 30.9 Å². The molecular formula is C16H12Cl2N2O4S. The molecule has 130 valence electrons. The molecule has 2 aromatic rings. The Morgan fingerprint density at radius 2 is 1.92 bits per heavy atom. The van der Waals surface area contributed by atoms with Gasteiger partial charge >= 0.3 is 0 Å². The van der Waals surface area contributed by atoms with Crippen molar-refractivity contribution in [1.82, 2.24) is 0 Å². The lowest BCUT2D eigenvalue weighted by atomic mass is 10.1. The lowest BCUT2D eigenvalue weighted by molar-refractivity contribution is -0.110. The Hall–Kier alpha value is -2.09. The molecule has 0 saturated carbocycles. The number of carbonyl (C=O) groups excluding carboxylic acids is 1. The fourth-order valence-corrected chi connectivity index (χ4v) is 3.81. The molecule has 6 nitrogen and oxygen atoms in total. The molecule has 2 N–H and O–H groups in total. The number of nitrogens with one attached hydrogen (secondary N) is 1. The van der Waals surface area contributed by atoms with Gasteiger partial charge in [-0.2, -0.15) is 0 Å². The normalized spacial score (nSPS) is 15.3. The van der Waals surface area contributed by atoms with E-state index < -0.39 is 15.7 Å². The van der Waals surface area contributed by atoms with Gasteiger partial charge in [-0.3, -0.25) is 4.79 Å². The number of benzene rings is 2. The highest BCUT2D eigenvalue weighted by molar-refractivity contribution is 7.91. The minimum absolute atomic E-state index is 0.00917. The molecule has 1 aliphatic rings. The molecule has 0 spiro atoms. The molecular weight excluding hydrogens is 387 g/mol. The zero-order valence-electron chi connectivity index (χ0n) is 12.9. The first-order valence-electron chi connectivity index (χ1n) is 7.18. The van der Waals surface area contributed by atoms with Crippen LogP contribution in [0.1, 0.15) is 12.5 Å². The summed E-state index contributed by atoms with van der Waals surface area (Å²) in [6, 6.07) is 6.73. The second-order valence-electron chi connectivity index (χ2n) is 5.28. The van der Waals surface area contributed by atoms with Gasteiger partial charge in [0.1, 0.15) is 17.1 Å². The zero-order chi connectivity index (χ0) is 18.4. The third kappa shape index (κ3) is 3.22. The second-order valence-corrected chi connectivity index (χ2v) is 8.40. The topological polar surface area (TPSA) is 95.8 Å². The largest absolute Gasteiger partial charge is 0.506 e. The number of amides is 1. The highest BCUT2D eigenvalue weighted by Crippen LogP contribution is 2.37. The van der Waals surface area contributed by atoms with Crippen LogP contribution in [0.5, 0.6) is 5.75 Å². The standard InChI is InChI=1S/C16H12Cl2N2O4S/c1-2-25(23,24)9-3-4-13(21)12(7-9)19-15-10-5-8(17)6-11(18)14(10)20-16(15)22/h3-7,21H,2H2,1H3,(H,19,20,22). The summed E-state index contributed by atoms with van der Waals surface area (Å²) in [5, 5.41) is 13.1. The summed E-state index contributed by atoms with van der Waals surface area (Å²) in [6.07, 6.45) is 0. The van der Waals surface area contributed by atoms with Crippen molar-refractivity contribution in [3.8, 4) is 5.75 Å². The van der Waals surface area contributed by atoms with Crippen molar-refractivity contribution in [2.75, 3.05) is 11.1 Å². The van der Waals surface area contributed by atoms with Crippen molar-refractivity contribution in [3.05, 3.63) is 45.9 Å². The zero-order valence-corrected chi connectivity index (χ0v) is 15.2. The maximum Gasteiger partial charge on any atom is 0.275 e. The molecule has 1 amide bonds. The number of hydrogen-bond acceptors (Lipinski definition) is 5. The summed E-state index contributed by atoms with van der Waals surface area (Å²) in [5.41, 5.74) is 0.696. The van der Waals surface area contributed by atoms with Gasteiger partial charge < -0.3 is 10.4 Å². The molecule has 2 aromatic carbocycles. The number of nitrogens with zero attached hydrogens (tertiary/aromatic N) is 1. The van der Waals surface area contributed by atoms with Crippen molar-refractivity contribution in [3.63, 3.8) is 0 Å². The Morgan fingerprint density at radius 3 is 2.60 bits per heavy atom. The van der Waals surface area contributed by atoms with Gasteiger partial charge in [-0.1, -0.05) is 30.1 Å². The average Bonchev–Trinajstić information content (AvgIpc) is 2.86. The molecule has 0 atom stereocenters. The van der Waals surface area contributed by atoms with E-state index in [1.54, 1.807) is 0 Å². The van der Waals surface area contributed by atoms with Gasteiger partial charge in [-0.15, -0.1) is 0 Å². The Balaban J connectivity index is 2.17. The van der Waals surface area contributed by atoms with Gasteiger partial charge in [0.25, 0.3) is 5.91 Å². The molecule has 0 unspecified atom stereocenters. The number of rotatable bonds is 3. The molecule has 0 bridgehead atoms. The van der Waals surface area contributed by atoms with E-state index in [1.165, 1.54) is 37.3 Å². The maximum atomic E-state index is 12.2. The van der Waals surface area contributed by atoms with Crippen molar-refractivity contribution >= 4 is 56.0 Å². The Bertz CT molecular complexity index is 1030. The van der Waals surface area contributed by atoms with E-state index in [9.17, 15) is 18.3 Å². The predicted octanol–water partition coefficient (Wildman–Crippen LogP) is 3.57. The van der Waals surface area contributed by atoms with Crippen molar-refractivity contribution in [2.24, 2.45) is 4.99 Å². The van der Waals surface area contributed by atoms with E-state index in [0.717, 1.165) is 0 Å². The van der Waals surface area contributed by atoms with Crippen LogP contribution in [0.15, 0.2) is 40.2 Å². The van der Waals surface area contributed by atoms with E-state index in [-0.39, 0.29) is 32.8 Å². The third-order valence-corrected chi connectivity index (χ3v) is 5.93. The summed E-state index contributed by atoms with van der Waals surface area (Å²) >= 11 is 12.0. The Kier molecular flexibility index (Phi) is 4.49. The minimum atomic E-state index is -3.48. The fourth-order valence-electron chi connectivity index (χ4n) is 2.37. The maximum absolute atomic E-state index is 12.2. The van der Waals surface area contributed by atoms with Gasteiger partial charge in [0.15, 0.2) is 9.84 Å². The van der Waals surface area contributed by atoms with Gasteiger partial charge in [-0.05, 0) is 30.3 Å². The SMILES string of the molecule is CCS(=O)(=O)c1ccc(O)c(N=C2C(=O)Nc3c(Cl)cc(Cl)cc32)c1. The molecule has 3 rings (SSSR count).